The van der Waals surface area contributed by atoms with E-state index in [1.807, 2.05) is 54.6 Å². The molecule has 31 heavy (non-hydrogen) atoms. The molecule has 160 valence electrons. The summed E-state index contributed by atoms with van der Waals surface area (Å²) >= 11 is 1.57. The molecule has 4 aromatic rings. The number of rotatable bonds is 8. The van der Waals surface area contributed by atoms with Gasteiger partial charge in [-0.25, -0.2) is 0 Å². The third kappa shape index (κ3) is 4.49. The second-order valence-electron chi connectivity index (χ2n) is 7.49. The number of hydrogen-bond acceptors (Lipinski definition) is 5. The number of thioether (sulfide) groups is 1. The van der Waals surface area contributed by atoms with Crippen LogP contribution in [0.1, 0.15) is 32.3 Å². The van der Waals surface area contributed by atoms with Crippen molar-refractivity contribution in [2.45, 2.75) is 50.2 Å². The van der Waals surface area contributed by atoms with E-state index in [1.165, 1.54) is 5.56 Å². The lowest BCUT2D eigenvalue weighted by Gasteiger charge is -2.13. The minimum atomic E-state index is -0.161. The number of aryl methyl sites for hydroxylation is 1. The van der Waals surface area contributed by atoms with Gasteiger partial charge in [0.2, 0.25) is 11.7 Å². The highest BCUT2D eigenvalue weighted by Crippen LogP contribution is 2.24. The number of carbonyl (C=O) groups is 1. The highest BCUT2D eigenvalue weighted by Gasteiger charge is 2.17. The molecule has 1 N–H and O–H groups in total. The van der Waals surface area contributed by atoms with Crippen LogP contribution in [0.3, 0.4) is 0 Å². The molecule has 0 unspecified atom stereocenters. The molecular formula is C23H25N5O2S. The van der Waals surface area contributed by atoms with Crippen LogP contribution in [-0.2, 0) is 17.1 Å². The molecule has 1 amide bonds. The Labute approximate surface area is 184 Å². The highest BCUT2D eigenvalue weighted by atomic mass is 32.2. The van der Waals surface area contributed by atoms with Crippen molar-refractivity contribution < 1.29 is 4.79 Å². The Kier molecular flexibility index (Phi) is 6.36. The van der Waals surface area contributed by atoms with Crippen LogP contribution in [0.25, 0.3) is 16.7 Å². The van der Waals surface area contributed by atoms with Crippen molar-refractivity contribution >= 4 is 34.3 Å². The van der Waals surface area contributed by atoms with E-state index in [9.17, 15) is 9.59 Å². The molecule has 2 aromatic heterocycles. The summed E-state index contributed by atoms with van der Waals surface area (Å²) in [6.07, 6.45) is 1.07. The molecule has 0 radical (unpaired) electrons. The first-order valence-electron chi connectivity index (χ1n) is 10.4. The van der Waals surface area contributed by atoms with E-state index in [2.05, 4.69) is 27.6 Å². The maximum atomic E-state index is 13.2. The molecule has 8 heteroatoms. The standard InChI is InChI=1S/C23H25N5O2S/c1-3-16(2)24-20(29)13-14-27-21(30)18-11-7-8-12-19(18)28-22(27)25-26-23(28)31-15-17-9-5-4-6-10-17/h4-12,16H,3,13-15H2,1-2H3,(H,24,29)/t16-/m0/s1. The second-order valence-corrected chi connectivity index (χ2v) is 8.44. The number of nitrogens with one attached hydrogen (secondary N) is 1. The minimum Gasteiger partial charge on any atom is -0.354 e. The van der Waals surface area contributed by atoms with Gasteiger partial charge in [0.15, 0.2) is 5.16 Å². The van der Waals surface area contributed by atoms with Gasteiger partial charge >= 0.3 is 0 Å². The first-order chi connectivity index (χ1) is 15.1. The summed E-state index contributed by atoms with van der Waals surface area (Å²) in [4.78, 5) is 25.5. The van der Waals surface area contributed by atoms with Crippen molar-refractivity contribution in [1.82, 2.24) is 24.5 Å². The predicted molar refractivity (Wildman–Crippen MR) is 123 cm³/mol. The average Bonchev–Trinajstić information content (AvgIpc) is 3.22. The third-order valence-electron chi connectivity index (χ3n) is 5.27. The molecule has 0 aliphatic carbocycles. The first kappa shape index (κ1) is 21.1. The van der Waals surface area contributed by atoms with Crippen LogP contribution in [0.5, 0.6) is 0 Å². The van der Waals surface area contributed by atoms with Gasteiger partial charge in [-0.2, -0.15) is 0 Å². The monoisotopic (exact) mass is 435 g/mol. The Bertz CT molecular complexity index is 1270. The van der Waals surface area contributed by atoms with Crippen molar-refractivity contribution in [1.29, 1.82) is 0 Å². The fourth-order valence-electron chi connectivity index (χ4n) is 3.41. The molecular weight excluding hydrogens is 410 g/mol. The Morgan fingerprint density at radius 1 is 1.10 bits per heavy atom. The smallest absolute Gasteiger partial charge is 0.262 e. The van der Waals surface area contributed by atoms with E-state index in [0.29, 0.717) is 16.3 Å². The van der Waals surface area contributed by atoms with Gasteiger partial charge in [-0.1, -0.05) is 61.2 Å². The highest BCUT2D eigenvalue weighted by molar-refractivity contribution is 7.98. The minimum absolute atomic E-state index is 0.0780. The number of para-hydroxylation sites is 1. The lowest BCUT2D eigenvalue weighted by Crippen LogP contribution is -2.33. The van der Waals surface area contributed by atoms with Gasteiger partial charge < -0.3 is 5.32 Å². The maximum absolute atomic E-state index is 13.2. The molecule has 2 aromatic carbocycles. The lowest BCUT2D eigenvalue weighted by atomic mass is 10.2. The van der Waals surface area contributed by atoms with Crippen LogP contribution in [0, 0.1) is 0 Å². The van der Waals surface area contributed by atoms with Crippen molar-refractivity contribution in [3.8, 4) is 0 Å². The van der Waals surface area contributed by atoms with Crippen molar-refractivity contribution in [3.05, 3.63) is 70.5 Å². The summed E-state index contributed by atoms with van der Waals surface area (Å²) in [6.45, 7) is 4.23. The van der Waals surface area contributed by atoms with Crippen molar-refractivity contribution in [2.75, 3.05) is 0 Å². The Balaban J connectivity index is 1.70. The molecule has 0 saturated carbocycles. The number of nitrogens with zero attached hydrogens (tertiary/aromatic N) is 4. The van der Waals surface area contributed by atoms with Crippen LogP contribution in [0.15, 0.2) is 64.5 Å². The average molecular weight is 436 g/mol. The SMILES string of the molecule is CC[C@H](C)NC(=O)CCn1c(=O)c2ccccc2n2c(SCc3ccccc3)nnc12. The van der Waals surface area contributed by atoms with E-state index < -0.39 is 0 Å². The second kappa shape index (κ2) is 9.34. The zero-order chi connectivity index (χ0) is 21.8. The molecule has 0 saturated heterocycles. The van der Waals surface area contributed by atoms with Crippen LogP contribution in [-0.4, -0.2) is 31.1 Å². The van der Waals surface area contributed by atoms with Crippen LogP contribution < -0.4 is 10.9 Å². The van der Waals surface area contributed by atoms with Crippen molar-refractivity contribution in [3.63, 3.8) is 0 Å². The molecule has 0 aliphatic heterocycles. The fraction of sp³-hybridized carbons (Fsp3) is 0.304. The largest absolute Gasteiger partial charge is 0.354 e. The maximum Gasteiger partial charge on any atom is 0.262 e. The summed E-state index contributed by atoms with van der Waals surface area (Å²) < 4.78 is 3.47. The van der Waals surface area contributed by atoms with Crippen LogP contribution in [0.2, 0.25) is 0 Å². The van der Waals surface area contributed by atoms with E-state index in [1.54, 1.807) is 22.4 Å². The van der Waals surface area contributed by atoms with Gasteiger partial charge in [0.25, 0.3) is 5.56 Å². The summed E-state index contributed by atoms with van der Waals surface area (Å²) in [5.74, 6) is 1.12. The zero-order valence-corrected chi connectivity index (χ0v) is 18.4. The number of hydrogen-bond donors (Lipinski definition) is 1. The number of benzene rings is 2. The van der Waals surface area contributed by atoms with E-state index >= 15 is 0 Å². The fourth-order valence-corrected chi connectivity index (χ4v) is 4.31. The number of amides is 1. The molecule has 7 nitrogen and oxygen atoms in total. The summed E-state index contributed by atoms with van der Waals surface area (Å²) in [6, 6.07) is 17.7. The molecule has 0 fully saturated rings. The van der Waals surface area contributed by atoms with Gasteiger partial charge in [0.05, 0.1) is 10.9 Å². The summed E-state index contributed by atoms with van der Waals surface area (Å²) in [5.41, 5.74) is 1.79. The van der Waals surface area contributed by atoms with Gasteiger partial charge in [-0.15, -0.1) is 10.2 Å². The number of carbonyl (C=O) groups excluding carboxylic acids is 1. The molecule has 4 rings (SSSR count). The topological polar surface area (TPSA) is 81.3 Å². The summed E-state index contributed by atoms with van der Waals surface area (Å²) in [5, 5.41) is 12.9. The quantitative estimate of drug-likeness (QED) is 0.427. The molecule has 2 heterocycles. The van der Waals surface area contributed by atoms with Crippen LogP contribution >= 0.6 is 11.8 Å². The molecule has 0 bridgehead atoms. The van der Waals surface area contributed by atoms with E-state index in [0.717, 1.165) is 17.7 Å². The Hall–Kier alpha value is -3.13. The molecule has 0 aliphatic rings. The predicted octanol–water partition coefficient (Wildman–Crippen LogP) is 3.64. The van der Waals surface area contributed by atoms with Gasteiger partial charge in [-0.3, -0.25) is 18.6 Å². The normalized spacial score (nSPS) is 12.3. The lowest BCUT2D eigenvalue weighted by molar-refractivity contribution is -0.121. The third-order valence-corrected chi connectivity index (χ3v) is 6.27. The first-order valence-corrected chi connectivity index (χ1v) is 11.4. The Morgan fingerprint density at radius 2 is 1.84 bits per heavy atom. The molecule has 1 atom stereocenters. The zero-order valence-electron chi connectivity index (χ0n) is 17.6. The summed E-state index contributed by atoms with van der Waals surface area (Å²) in [7, 11) is 0. The van der Waals surface area contributed by atoms with E-state index in [-0.39, 0.29) is 30.5 Å². The van der Waals surface area contributed by atoms with Crippen molar-refractivity contribution in [2.24, 2.45) is 0 Å². The van der Waals surface area contributed by atoms with E-state index in [4.69, 9.17) is 0 Å². The molecule has 0 spiro atoms. The van der Waals surface area contributed by atoms with Crippen LogP contribution in [0.4, 0.5) is 0 Å². The number of aromatic nitrogens is 4. The Morgan fingerprint density at radius 3 is 2.61 bits per heavy atom. The van der Waals surface area contributed by atoms with Gasteiger partial charge in [-0.05, 0) is 31.0 Å². The van der Waals surface area contributed by atoms with Gasteiger partial charge in [0, 0.05) is 24.8 Å². The van der Waals surface area contributed by atoms with Gasteiger partial charge in [0.1, 0.15) is 0 Å². The number of fused-ring (bicyclic) bond motifs is 3.